The molecule has 4 nitrogen and oxygen atoms in total. The zero-order valence-electron chi connectivity index (χ0n) is 9.01. The largest absolute Gasteiger partial charge is 0.331 e. The number of nitrogens with one attached hydrogen (secondary N) is 3. The van der Waals surface area contributed by atoms with Crippen molar-refractivity contribution in [2.45, 2.75) is 13.3 Å². The molecule has 1 amide bonds. The van der Waals surface area contributed by atoms with Crippen molar-refractivity contribution in [3.8, 4) is 0 Å². The van der Waals surface area contributed by atoms with Crippen molar-refractivity contribution in [1.82, 2.24) is 10.9 Å². The van der Waals surface area contributed by atoms with Crippen LogP contribution in [0, 0.1) is 0 Å². The molecule has 0 unspecified atom stereocenters. The molecule has 7 heteroatoms. The van der Waals surface area contributed by atoms with Gasteiger partial charge in [-0.1, -0.05) is 30.1 Å². The Hall–Kier alpha value is -1.04. The van der Waals surface area contributed by atoms with Crippen LogP contribution in [0.25, 0.3) is 0 Å². The lowest BCUT2D eigenvalue weighted by molar-refractivity contribution is -0.121. The van der Waals surface area contributed by atoms with E-state index in [4.69, 9.17) is 35.4 Å². The van der Waals surface area contributed by atoms with Crippen LogP contribution >= 0.6 is 35.4 Å². The Balaban J connectivity index is 2.50. The molecule has 0 fully saturated rings. The molecule has 0 aliphatic carbocycles. The Bertz CT molecular complexity index is 440. The molecule has 0 spiro atoms. The predicted octanol–water partition coefficient (Wildman–Crippen LogP) is 2.72. The normalized spacial score (nSPS) is 9.59. The minimum Gasteiger partial charge on any atom is -0.331 e. The topological polar surface area (TPSA) is 53.2 Å². The first-order valence-electron chi connectivity index (χ1n) is 4.83. The molecule has 0 saturated carbocycles. The van der Waals surface area contributed by atoms with Crippen LogP contribution in [0.2, 0.25) is 10.0 Å². The summed E-state index contributed by atoms with van der Waals surface area (Å²) in [5, 5.41) is 4.02. The number of halogens is 2. The number of amides is 1. The molecule has 3 N–H and O–H groups in total. The summed E-state index contributed by atoms with van der Waals surface area (Å²) >= 11 is 16.6. The second kappa shape index (κ2) is 6.64. The lowest BCUT2D eigenvalue weighted by Crippen LogP contribution is -2.43. The van der Waals surface area contributed by atoms with Crippen LogP contribution < -0.4 is 16.2 Å². The number of hydrogen-bond acceptors (Lipinski definition) is 2. The third-order valence-electron chi connectivity index (χ3n) is 1.81. The fourth-order valence-corrected chi connectivity index (χ4v) is 1.42. The van der Waals surface area contributed by atoms with E-state index in [1.54, 1.807) is 25.1 Å². The molecule has 0 atom stereocenters. The number of thiocarbonyl (C=S) groups is 1. The van der Waals surface area contributed by atoms with Gasteiger partial charge >= 0.3 is 0 Å². The average Bonchev–Trinajstić information content (AvgIpc) is 2.31. The minimum atomic E-state index is -0.150. The van der Waals surface area contributed by atoms with E-state index in [9.17, 15) is 4.79 Å². The van der Waals surface area contributed by atoms with E-state index in [1.807, 2.05) is 0 Å². The first kappa shape index (κ1) is 14.0. The predicted molar refractivity (Wildman–Crippen MR) is 74.3 cm³/mol. The molecule has 0 aliphatic heterocycles. The smallest absolute Gasteiger partial charge is 0.238 e. The maximum atomic E-state index is 11.0. The van der Waals surface area contributed by atoms with E-state index in [-0.39, 0.29) is 11.0 Å². The zero-order valence-corrected chi connectivity index (χ0v) is 11.3. The summed E-state index contributed by atoms with van der Waals surface area (Å²) in [6, 6.07) is 5.02. The molecule has 0 radical (unpaired) electrons. The maximum absolute atomic E-state index is 11.0. The van der Waals surface area contributed by atoms with Gasteiger partial charge in [0.2, 0.25) is 5.91 Å². The fraction of sp³-hybridized carbons (Fsp3) is 0.200. The molecule has 1 aromatic rings. The molecule has 1 rings (SSSR count). The number of rotatable bonds is 2. The number of anilines is 1. The van der Waals surface area contributed by atoms with Crippen LogP contribution in [0.3, 0.4) is 0 Å². The quantitative estimate of drug-likeness (QED) is 0.579. The van der Waals surface area contributed by atoms with Crippen LogP contribution in [-0.4, -0.2) is 11.0 Å². The summed E-state index contributed by atoms with van der Waals surface area (Å²) in [4.78, 5) is 11.0. The molecule has 17 heavy (non-hydrogen) atoms. The van der Waals surface area contributed by atoms with Crippen molar-refractivity contribution in [2.24, 2.45) is 0 Å². The molecule has 1 aromatic carbocycles. The molecule has 0 heterocycles. The van der Waals surface area contributed by atoms with Gasteiger partial charge in [0.25, 0.3) is 0 Å². The van der Waals surface area contributed by atoms with Gasteiger partial charge in [-0.15, -0.1) is 0 Å². The lowest BCUT2D eigenvalue weighted by Gasteiger charge is -2.11. The summed E-state index contributed by atoms with van der Waals surface area (Å²) in [6.07, 6.45) is 0.377. The Labute approximate surface area is 115 Å². The van der Waals surface area contributed by atoms with E-state index < -0.39 is 0 Å². The van der Waals surface area contributed by atoms with Crippen molar-refractivity contribution in [1.29, 1.82) is 0 Å². The Kier molecular flexibility index (Phi) is 5.47. The highest BCUT2D eigenvalue weighted by atomic mass is 35.5. The van der Waals surface area contributed by atoms with Gasteiger partial charge in [0.1, 0.15) is 0 Å². The van der Waals surface area contributed by atoms with Gasteiger partial charge in [-0.25, -0.2) is 0 Å². The van der Waals surface area contributed by atoms with Gasteiger partial charge in [0, 0.05) is 12.1 Å². The molecule has 0 aromatic heterocycles. The van der Waals surface area contributed by atoms with Crippen molar-refractivity contribution in [3.63, 3.8) is 0 Å². The third kappa shape index (κ3) is 4.77. The highest BCUT2D eigenvalue weighted by Gasteiger charge is 2.02. The third-order valence-corrected chi connectivity index (χ3v) is 2.76. The second-order valence-electron chi connectivity index (χ2n) is 3.11. The molecule has 0 aliphatic rings. The Morgan fingerprint density at radius 2 is 2.00 bits per heavy atom. The summed E-state index contributed by atoms with van der Waals surface area (Å²) in [7, 11) is 0. The number of benzene rings is 1. The van der Waals surface area contributed by atoms with Gasteiger partial charge in [-0.3, -0.25) is 15.6 Å². The Morgan fingerprint density at radius 3 is 2.59 bits per heavy atom. The first-order chi connectivity index (χ1) is 8.02. The summed E-state index contributed by atoms with van der Waals surface area (Å²) < 4.78 is 0. The second-order valence-corrected chi connectivity index (χ2v) is 4.33. The number of hydrogen-bond donors (Lipinski definition) is 3. The summed E-state index contributed by atoms with van der Waals surface area (Å²) in [5.41, 5.74) is 5.67. The Morgan fingerprint density at radius 1 is 1.29 bits per heavy atom. The molecule has 0 bridgehead atoms. The molecule has 0 saturated heterocycles. The average molecular weight is 292 g/mol. The molecule has 92 valence electrons. The van der Waals surface area contributed by atoms with Crippen molar-refractivity contribution in [3.05, 3.63) is 28.2 Å². The van der Waals surface area contributed by atoms with Crippen molar-refractivity contribution < 1.29 is 4.79 Å². The number of carbonyl (C=O) groups is 1. The van der Waals surface area contributed by atoms with Gasteiger partial charge in [-0.05, 0) is 30.4 Å². The van der Waals surface area contributed by atoms with Gasteiger partial charge < -0.3 is 5.32 Å². The summed E-state index contributed by atoms with van der Waals surface area (Å²) in [5.74, 6) is -0.150. The van der Waals surface area contributed by atoms with Gasteiger partial charge in [0.15, 0.2) is 5.11 Å². The van der Waals surface area contributed by atoms with Crippen molar-refractivity contribution >= 4 is 52.1 Å². The summed E-state index contributed by atoms with van der Waals surface area (Å²) in [6.45, 7) is 1.74. The van der Waals surface area contributed by atoms with E-state index in [1.165, 1.54) is 0 Å². The molecular weight excluding hydrogens is 281 g/mol. The van der Waals surface area contributed by atoms with Crippen molar-refractivity contribution in [2.75, 3.05) is 5.32 Å². The number of hydrazine groups is 1. The van der Waals surface area contributed by atoms with E-state index >= 15 is 0 Å². The van der Waals surface area contributed by atoms with E-state index in [0.29, 0.717) is 22.2 Å². The monoisotopic (exact) mass is 291 g/mol. The lowest BCUT2D eigenvalue weighted by atomic mass is 10.3. The number of carbonyl (C=O) groups excluding carboxylic acids is 1. The van der Waals surface area contributed by atoms with E-state index in [2.05, 4.69) is 16.2 Å². The zero-order chi connectivity index (χ0) is 12.8. The highest BCUT2D eigenvalue weighted by molar-refractivity contribution is 7.80. The standard InChI is InChI=1S/C10H11Cl2N3OS/c1-2-9(16)14-15-10(17)13-6-3-4-7(11)8(12)5-6/h3-5H,2H2,1H3,(H,14,16)(H2,13,15,17). The van der Waals surface area contributed by atoms with Crippen LogP contribution in [0.15, 0.2) is 18.2 Å². The van der Waals surface area contributed by atoms with Crippen LogP contribution in [-0.2, 0) is 4.79 Å². The maximum Gasteiger partial charge on any atom is 0.238 e. The van der Waals surface area contributed by atoms with Crippen LogP contribution in [0.5, 0.6) is 0 Å². The SMILES string of the molecule is CCC(=O)NNC(=S)Nc1ccc(Cl)c(Cl)c1. The van der Waals surface area contributed by atoms with E-state index in [0.717, 1.165) is 0 Å². The molecular formula is C10H11Cl2N3OS. The fourth-order valence-electron chi connectivity index (χ4n) is 0.951. The first-order valence-corrected chi connectivity index (χ1v) is 6.00. The van der Waals surface area contributed by atoms with Crippen LogP contribution in [0.4, 0.5) is 5.69 Å². The minimum absolute atomic E-state index is 0.150. The highest BCUT2D eigenvalue weighted by Crippen LogP contribution is 2.24. The van der Waals surface area contributed by atoms with Gasteiger partial charge in [-0.2, -0.15) is 0 Å². The van der Waals surface area contributed by atoms with Gasteiger partial charge in [0.05, 0.1) is 10.0 Å². The van der Waals surface area contributed by atoms with Crippen LogP contribution in [0.1, 0.15) is 13.3 Å².